The standard InChI is InChI=1S/C15H22/c1-3-5-7-10-15-12-8-11-14(13-15)9-6-4-2/h3,8,11-13H,1,4-7,9-10H2,2H3. The van der Waals surface area contributed by atoms with E-state index in [2.05, 4.69) is 37.8 Å². The van der Waals surface area contributed by atoms with Gasteiger partial charge in [-0.3, -0.25) is 0 Å². The van der Waals surface area contributed by atoms with Gasteiger partial charge in [0, 0.05) is 0 Å². The molecule has 0 N–H and O–H groups in total. The first-order valence-corrected chi connectivity index (χ1v) is 6.05. The number of unbranched alkanes of at least 4 members (excludes halogenated alkanes) is 2. The summed E-state index contributed by atoms with van der Waals surface area (Å²) in [5, 5.41) is 0. The van der Waals surface area contributed by atoms with Crippen LogP contribution in [-0.2, 0) is 12.8 Å². The summed E-state index contributed by atoms with van der Waals surface area (Å²) in [4.78, 5) is 0. The van der Waals surface area contributed by atoms with E-state index >= 15 is 0 Å². The summed E-state index contributed by atoms with van der Waals surface area (Å²) in [5.41, 5.74) is 2.97. The van der Waals surface area contributed by atoms with Gasteiger partial charge in [0.25, 0.3) is 0 Å². The summed E-state index contributed by atoms with van der Waals surface area (Å²) in [5.74, 6) is 0. The minimum atomic E-state index is 1.12. The Kier molecular flexibility index (Phi) is 5.84. The Hall–Kier alpha value is -1.04. The van der Waals surface area contributed by atoms with E-state index < -0.39 is 0 Å². The average molecular weight is 202 g/mol. The molecule has 1 aromatic rings. The second kappa shape index (κ2) is 7.28. The molecular formula is C15H22. The van der Waals surface area contributed by atoms with Crippen LogP contribution in [0.2, 0.25) is 0 Å². The van der Waals surface area contributed by atoms with Crippen LogP contribution in [0.4, 0.5) is 0 Å². The van der Waals surface area contributed by atoms with Crippen molar-refractivity contribution in [3.8, 4) is 0 Å². The largest absolute Gasteiger partial charge is 0.103 e. The molecule has 0 heteroatoms. The third-order valence-electron chi connectivity index (χ3n) is 2.68. The molecule has 0 saturated carbocycles. The van der Waals surface area contributed by atoms with Gasteiger partial charge in [-0.25, -0.2) is 0 Å². The van der Waals surface area contributed by atoms with Gasteiger partial charge in [0.05, 0.1) is 0 Å². The predicted octanol–water partition coefficient (Wildman–Crippen LogP) is 4.54. The number of benzene rings is 1. The van der Waals surface area contributed by atoms with Crippen LogP contribution in [0.1, 0.15) is 43.7 Å². The summed E-state index contributed by atoms with van der Waals surface area (Å²) < 4.78 is 0. The summed E-state index contributed by atoms with van der Waals surface area (Å²) in [6.07, 6.45) is 9.34. The SMILES string of the molecule is C=CCCCc1cccc(CCCC)c1. The Labute approximate surface area is 94.0 Å². The van der Waals surface area contributed by atoms with Gasteiger partial charge in [0.1, 0.15) is 0 Å². The quantitative estimate of drug-likeness (QED) is 0.450. The monoisotopic (exact) mass is 202 g/mol. The summed E-state index contributed by atoms with van der Waals surface area (Å²) in [6, 6.07) is 9.03. The van der Waals surface area contributed by atoms with Crippen molar-refractivity contribution in [2.24, 2.45) is 0 Å². The van der Waals surface area contributed by atoms with Crippen molar-refractivity contribution in [3.63, 3.8) is 0 Å². The van der Waals surface area contributed by atoms with Gasteiger partial charge in [-0.2, -0.15) is 0 Å². The zero-order valence-electron chi connectivity index (χ0n) is 9.84. The van der Waals surface area contributed by atoms with Crippen molar-refractivity contribution in [1.82, 2.24) is 0 Å². The lowest BCUT2D eigenvalue weighted by Gasteiger charge is -2.04. The molecule has 82 valence electrons. The number of hydrogen-bond acceptors (Lipinski definition) is 0. The lowest BCUT2D eigenvalue weighted by molar-refractivity contribution is 0.790. The van der Waals surface area contributed by atoms with Crippen LogP contribution in [-0.4, -0.2) is 0 Å². The van der Waals surface area contributed by atoms with Crippen molar-refractivity contribution < 1.29 is 0 Å². The van der Waals surface area contributed by atoms with Gasteiger partial charge in [0.2, 0.25) is 0 Å². The van der Waals surface area contributed by atoms with E-state index in [-0.39, 0.29) is 0 Å². The molecular weight excluding hydrogens is 180 g/mol. The Bertz CT molecular complexity index is 286. The molecule has 0 radical (unpaired) electrons. The zero-order chi connectivity index (χ0) is 10.9. The molecule has 0 nitrogen and oxygen atoms in total. The van der Waals surface area contributed by atoms with Crippen LogP contribution in [0, 0.1) is 0 Å². The fourth-order valence-corrected chi connectivity index (χ4v) is 1.77. The van der Waals surface area contributed by atoms with Crippen LogP contribution in [0.15, 0.2) is 36.9 Å². The van der Waals surface area contributed by atoms with E-state index in [0.29, 0.717) is 0 Å². The maximum absolute atomic E-state index is 3.75. The zero-order valence-corrected chi connectivity index (χ0v) is 9.84. The molecule has 0 fully saturated rings. The van der Waals surface area contributed by atoms with Crippen LogP contribution < -0.4 is 0 Å². The van der Waals surface area contributed by atoms with Crippen molar-refractivity contribution in [3.05, 3.63) is 48.0 Å². The highest BCUT2D eigenvalue weighted by Gasteiger charge is 1.95. The normalized spacial score (nSPS) is 10.2. The molecule has 0 saturated heterocycles. The fraction of sp³-hybridized carbons (Fsp3) is 0.467. The molecule has 0 unspecified atom stereocenters. The summed E-state index contributed by atoms with van der Waals surface area (Å²) >= 11 is 0. The van der Waals surface area contributed by atoms with Gasteiger partial charge < -0.3 is 0 Å². The molecule has 0 bridgehead atoms. The highest BCUT2D eigenvalue weighted by atomic mass is 14.0. The minimum Gasteiger partial charge on any atom is -0.103 e. The first-order chi connectivity index (χ1) is 7.36. The fourth-order valence-electron chi connectivity index (χ4n) is 1.77. The van der Waals surface area contributed by atoms with Crippen LogP contribution in [0.3, 0.4) is 0 Å². The van der Waals surface area contributed by atoms with Crippen molar-refractivity contribution in [1.29, 1.82) is 0 Å². The van der Waals surface area contributed by atoms with Gasteiger partial charge in [-0.05, 0) is 43.2 Å². The third-order valence-corrected chi connectivity index (χ3v) is 2.68. The Morgan fingerprint density at radius 1 is 1.13 bits per heavy atom. The number of allylic oxidation sites excluding steroid dienone is 1. The molecule has 0 aliphatic rings. The molecule has 0 spiro atoms. The van der Waals surface area contributed by atoms with Crippen molar-refractivity contribution in [2.45, 2.75) is 45.4 Å². The van der Waals surface area contributed by atoms with Crippen LogP contribution >= 0.6 is 0 Å². The molecule has 0 amide bonds. The lowest BCUT2D eigenvalue weighted by Crippen LogP contribution is -1.89. The predicted molar refractivity (Wildman–Crippen MR) is 68.2 cm³/mol. The number of rotatable bonds is 7. The lowest BCUT2D eigenvalue weighted by atomic mass is 10.0. The van der Waals surface area contributed by atoms with E-state index in [1.54, 1.807) is 0 Å². The van der Waals surface area contributed by atoms with E-state index in [0.717, 1.165) is 6.42 Å². The van der Waals surface area contributed by atoms with Crippen molar-refractivity contribution >= 4 is 0 Å². The Morgan fingerprint density at radius 3 is 2.40 bits per heavy atom. The minimum absolute atomic E-state index is 1.12. The van der Waals surface area contributed by atoms with Gasteiger partial charge in [-0.15, -0.1) is 6.58 Å². The highest BCUT2D eigenvalue weighted by Crippen LogP contribution is 2.11. The van der Waals surface area contributed by atoms with Gasteiger partial charge in [0.15, 0.2) is 0 Å². The average Bonchev–Trinajstić information content (AvgIpc) is 2.27. The molecule has 15 heavy (non-hydrogen) atoms. The van der Waals surface area contributed by atoms with Gasteiger partial charge >= 0.3 is 0 Å². The maximum atomic E-state index is 3.75. The number of hydrogen-bond donors (Lipinski definition) is 0. The number of aryl methyl sites for hydroxylation is 2. The van der Waals surface area contributed by atoms with E-state index in [1.165, 1.54) is 43.2 Å². The topological polar surface area (TPSA) is 0 Å². The smallest absolute Gasteiger partial charge is 0.0276 e. The molecule has 1 aromatic carbocycles. The molecule has 0 aliphatic carbocycles. The van der Waals surface area contributed by atoms with Crippen molar-refractivity contribution in [2.75, 3.05) is 0 Å². The summed E-state index contributed by atoms with van der Waals surface area (Å²) in [6.45, 7) is 5.99. The molecule has 0 atom stereocenters. The first kappa shape index (κ1) is 12.0. The van der Waals surface area contributed by atoms with Crippen LogP contribution in [0.5, 0.6) is 0 Å². The molecule has 0 aliphatic heterocycles. The van der Waals surface area contributed by atoms with Gasteiger partial charge in [-0.1, -0.05) is 43.7 Å². The summed E-state index contributed by atoms with van der Waals surface area (Å²) in [7, 11) is 0. The Morgan fingerprint density at radius 2 is 1.80 bits per heavy atom. The van der Waals surface area contributed by atoms with E-state index in [9.17, 15) is 0 Å². The molecule has 1 rings (SSSR count). The van der Waals surface area contributed by atoms with Crippen LogP contribution in [0.25, 0.3) is 0 Å². The maximum Gasteiger partial charge on any atom is -0.0276 e. The molecule has 0 heterocycles. The first-order valence-electron chi connectivity index (χ1n) is 6.05. The Balaban J connectivity index is 2.46. The highest BCUT2D eigenvalue weighted by molar-refractivity contribution is 5.23. The molecule has 0 aromatic heterocycles. The van der Waals surface area contributed by atoms with E-state index in [4.69, 9.17) is 0 Å². The van der Waals surface area contributed by atoms with E-state index in [1.807, 2.05) is 6.08 Å². The third kappa shape index (κ3) is 4.83. The second-order valence-electron chi connectivity index (χ2n) is 4.10. The second-order valence-corrected chi connectivity index (χ2v) is 4.10.